The van der Waals surface area contributed by atoms with E-state index in [4.69, 9.17) is 34.8 Å². The summed E-state index contributed by atoms with van der Waals surface area (Å²) in [6, 6.07) is 6.23. The summed E-state index contributed by atoms with van der Waals surface area (Å²) in [6.45, 7) is 1.57. The van der Waals surface area contributed by atoms with E-state index in [1.807, 2.05) is 0 Å². The second kappa shape index (κ2) is 7.03. The van der Waals surface area contributed by atoms with Crippen LogP contribution in [0.5, 0.6) is 0 Å². The van der Waals surface area contributed by atoms with Crippen LogP contribution in [-0.2, 0) is 11.3 Å². The maximum absolute atomic E-state index is 12.2. The molecule has 1 N–H and O–H groups in total. The van der Waals surface area contributed by atoms with Gasteiger partial charge >= 0.3 is 5.69 Å². The molecule has 1 atom stereocenters. The summed E-state index contributed by atoms with van der Waals surface area (Å²) in [7, 11) is 0. The van der Waals surface area contributed by atoms with Crippen molar-refractivity contribution in [3.8, 4) is 0 Å². The Labute approximate surface area is 157 Å². The van der Waals surface area contributed by atoms with Crippen molar-refractivity contribution in [3.05, 3.63) is 61.8 Å². The number of hydrogen-bond acceptors (Lipinski definition) is 4. The molecule has 3 rings (SSSR count). The van der Waals surface area contributed by atoms with Crippen LogP contribution >= 0.6 is 34.8 Å². The second-order valence-corrected chi connectivity index (χ2v) is 6.54. The molecule has 0 bridgehead atoms. The van der Waals surface area contributed by atoms with Gasteiger partial charge in [-0.1, -0.05) is 40.9 Å². The molecule has 7 nitrogen and oxygen atoms in total. The van der Waals surface area contributed by atoms with Crippen molar-refractivity contribution in [3.63, 3.8) is 0 Å². The second-order valence-electron chi connectivity index (χ2n) is 5.34. The largest absolute Gasteiger partial charge is 0.352 e. The highest BCUT2D eigenvalue weighted by atomic mass is 35.5. The van der Waals surface area contributed by atoms with Gasteiger partial charge in [-0.05, 0) is 24.6 Å². The molecule has 1 amide bonds. The Hall–Kier alpha value is -2.09. The zero-order valence-electron chi connectivity index (χ0n) is 12.9. The molecule has 3 aromatic rings. The number of halogens is 3. The lowest BCUT2D eigenvalue weighted by Crippen LogP contribution is -2.34. The van der Waals surface area contributed by atoms with Crippen LogP contribution in [0.15, 0.2) is 35.4 Å². The molecule has 0 spiro atoms. The lowest BCUT2D eigenvalue weighted by molar-refractivity contribution is -0.122. The first-order valence-corrected chi connectivity index (χ1v) is 8.33. The third-order valence-electron chi connectivity index (χ3n) is 3.56. The van der Waals surface area contributed by atoms with Crippen LogP contribution in [0, 0.1) is 0 Å². The number of nitrogens with one attached hydrogen (secondary N) is 1. The highest BCUT2D eigenvalue weighted by Gasteiger charge is 2.15. The Kier molecular flexibility index (Phi) is 4.99. The smallest absolute Gasteiger partial charge is 0.348 e. The molecule has 2 heterocycles. The minimum absolute atomic E-state index is 0.211. The van der Waals surface area contributed by atoms with E-state index < -0.39 is 5.69 Å². The van der Waals surface area contributed by atoms with Crippen LogP contribution < -0.4 is 11.0 Å². The molecule has 2 aromatic heterocycles. The van der Waals surface area contributed by atoms with E-state index in [9.17, 15) is 9.59 Å². The van der Waals surface area contributed by atoms with E-state index in [0.717, 1.165) is 10.2 Å². The van der Waals surface area contributed by atoms with Crippen molar-refractivity contribution in [2.24, 2.45) is 0 Å². The number of amides is 1. The number of nitrogens with zero attached hydrogens (tertiary/aromatic N) is 4. The molecule has 0 radical (unpaired) electrons. The number of aromatic nitrogens is 4. The topological polar surface area (TPSA) is 81.3 Å². The number of carbonyl (C=O) groups excluding carboxylic acids is 1. The molecule has 25 heavy (non-hydrogen) atoms. The zero-order valence-corrected chi connectivity index (χ0v) is 15.2. The van der Waals surface area contributed by atoms with Crippen molar-refractivity contribution in [2.75, 3.05) is 0 Å². The Morgan fingerprint density at radius 3 is 2.72 bits per heavy atom. The van der Waals surface area contributed by atoms with Crippen LogP contribution in [0.3, 0.4) is 0 Å². The van der Waals surface area contributed by atoms with E-state index in [0.29, 0.717) is 15.7 Å². The molecular weight excluding hydrogens is 389 g/mol. The summed E-state index contributed by atoms with van der Waals surface area (Å²) in [6.07, 6.45) is 1.26. The summed E-state index contributed by atoms with van der Waals surface area (Å²) >= 11 is 17.6. The van der Waals surface area contributed by atoms with Crippen molar-refractivity contribution in [1.29, 1.82) is 0 Å². The molecule has 0 fully saturated rings. The fourth-order valence-corrected chi connectivity index (χ4v) is 2.74. The van der Waals surface area contributed by atoms with Gasteiger partial charge in [-0.2, -0.15) is 0 Å². The maximum atomic E-state index is 12.2. The predicted octanol–water partition coefficient (Wildman–Crippen LogP) is 2.73. The molecule has 10 heteroatoms. The van der Waals surface area contributed by atoms with Gasteiger partial charge in [0.2, 0.25) is 5.91 Å². The summed E-state index contributed by atoms with van der Waals surface area (Å²) in [5.74, 6) is -0.372. The Morgan fingerprint density at radius 2 is 2.00 bits per heavy atom. The number of rotatable bonds is 4. The van der Waals surface area contributed by atoms with Gasteiger partial charge < -0.3 is 5.32 Å². The van der Waals surface area contributed by atoms with Gasteiger partial charge in [-0.3, -0.25) is 4.79 Å². The van der Waals surface area contributed by atoms with Crippen molar-refractivity contribution < 1.29 is 4.79 Å². The highest BCUT2D eigenvalue weighted by molar-refractivity contribution is 6.42. The molecule has 0 aliphatic rings. The maximum Gasteiger partial charge on any atom is 0.352 e. The average Bonchev–Trinajstić information content (AvgIpc) is 2.85. The van der Waals surface area contributed by atoms with E-state index >= 15 is 0 Å². The molecule has 1 aromatic carbocycles. The Morgan fingerprint density at radius 1 is 1.24 bits per heavy atom. The average molecular weight is 401 g/mol. The number of fused-ring (bicyclic) bond motifs is 1. The first-order chi connectivity index (χ1) is 11.8. The van der Waals surface area contributed by atoms with Crippen molar-refractivity contribution >= 4 is 46.4 Å². The summed E-state index contributed by atoms with van der Waals surface area (Å²) in [4.78, 5) is 28.2. The summed E-state index contributed by atoms with van der Waals surface area (Å²) in [5, 5.41) is 7.90. The minimum Gasteiger partial charge on any atom is -0.348 e. The van der Waals surface area contributed by atoms with E-state index in [1.54, 1.807) is 25.1 Å². The molecule has 0 saturated heterocycles. The van der Waals surface area contributed by atoms with Crippen LogP contribution in [0.1, 0.15) is 18.5 Å². The SMILES string of the molecule is C[C@H](NC(=O)Cn1nc2cc(Cl)ncn2c1=O)c1ccc(Cl)c(Cl)c1. The molecule has 0 aliphatic heterocycles. The fourth-order valence-electron chi connectivity index (χ4n) is 2.29. The zero-order chi connectivity index (χ0) is 18.1. The van der Waals surface area contributed by atoms with Crippen LogP contribution in [0.25, 0.3) is 5.65 Å². The van der Waals surface area contributed by atoms with E-state index in [2.05, 4.69) is 15.4 Å². The van der Waals surface area contributed by atoms with Crippen LogP contribution in [0.4, 0.5) is 0 Å². The van der Waals surface area contributed by atoms with Gasteiger partial charge in [0.25, 0.3) is 0 Å². The standard InChI is InChI=1S/C15H12Cl3N5O2/c1-8(9-2-3-10(16)11(17)4-9)20-14(24)6-23-15(25)22-7-19-12(18)5-13(22)21-23/h2-5,7-8H,6H2,1H3,(H,20,24)/t8-/m0/s1. The first kappa shape index (κ1) is 17.7. The normalized spacial score (nSPS) is 12.3. The Balaban J connectivity index is 1.75. The number of hydrogen-bond donors (Lipinski definition) is 1. The lowest BCUT2D eigenvalue weighted by Gasteiger charge is -2.14. The van der Waals surface area contributed by atoms with Crippen molar-refractivity contribution in [2.45, 2.75) is 19.5 Å². The summed E-state index contributed by atoms with van der Waals surface area (Å²) < 4.78 is 2.26. The van der Waals surface area contributed by atoms with Crippen LogP contribution in [-0.4, -0.2) is 25.1 Å². The number of benzene rings is 1. The molecule has 130 valence electrons. The van der Waals surface area contributed by atoms with Gasteiger partial charge in [0.15, 0.2) is 5.65 Å². The van der Waals surface area contributed by atoms with Crippen molar-refractivity contribution in [1.82, 2.24) is 24.5 Å². The van der Waals surface area contributed by atoms with Gasteiger partial charge in [0, 0.05) is 6.07 Å². The van der Waals surface area contributed by atoms with Gasteiger partial charge in [0.1, 0.15) is 18.0 Å². The van der Waals surface area contributed by atoms with E-state index in [1.165, 1.54) is 16.8 Å². The lowest BCUT2D eigenvalue weighted by atomic mass is 10.1. The van der Waals surface area contributed by atoms with Gasteiger partial charge in [-0.25, -0.2) is 18.9 Å². The minimum atomic E-state index is -0.475. The van der Waals surface area contributed by atoms with Crippen LogP contribution in [0.2, 0.25) is 15.2 Å². The Bertz CT molecular complexity index is 1010. The van der Waals surface area contributed by atoms with E-state index in [-0.39, 0.29) is 23.6 Å². The molecule has 0 unspecified atom stereocenters. The quantitative estimate of drug-likeness (QED) is 0.683. The van der Waals surface area contributed by atoms with Gasteiger partial charge in [0.05, 0.1) is 16.1 Å². The van der Waals surface area contributed by atoms with Gasteiger partial charge in [-0.15, -0.1) is 5.10 Å². The number of carbonyl (C=O) groups is 1. The highest BCUT2D eigenvalue weighted by Crippen LogP contribution is 2.25. The monoisotopic (exact) mass is 399 g/mol. The molecular formula is C15H12Cl3N5O2. The third kappa shape index (κ3) is 3.78. The molecule has 0 aliphatic carbocycles. The predicted molar refractivity (Wildman–Crippen MR) is 95.3 cm³/mol. The third-order valence-corrected chi connectivity index (χ3v) is 4.50. The molecule has 0 saturated carbocycles. The fraction of sp³-hybridized carbons (Fsp3) is 0.200. The summed E-state index contributed by atoms with van der Waals surface area (Å²) in [5.41, 5.74) is 0.632. The first-order valence-electron chi connectivity index (χ1n) is 7.20.